The molecule has 1 radical (unpaired) electrons. The Morgan fingerprint density at radius 1 is 1.27 bits per heavy atom. The van der Waals surface area contributed by atoms with Gasteiger partial charge in [0.2, 0.25) is 0 Å². The molecule has 0 saturated heterocycles. The van der Waals surface area contributed by atoms with Crippen molar-refractivity contribution < 1.29 is 0 Å². The highest BCUT2D eigenvalue weighted by Gasteiger charge is 2.22. The van der Waals surface area contributed by atoms with Gasteiger partial charge in [-0.25, -0.2) is 0 Å². The molecule has 0 aliphatic rings. The van der Waals surface area contributed by atoms with Gasteiger partial charge < -0.3 is 0 Å². The zero-order valence-electron chi connectivity index (χ0n) is 8.78. The van der Waals surface area contributed by atoms with Gasteiger partial charge in [0, 0.05) is 0 Å². The van der Waals surface area contributed by atoms with Gasteiger partial charge in [-0.15, -0.1) is 0 Å². The van der Waals surface area contributed by atoms with Gasteiger partial charge in [-0.2, -0.15) is 0 Å². The molecule has 0 N–H and O–H groups in total. The third-order valence-corrected chi connectivity index (χ3v) is 2.36. The van der Waals surface area contributed by atoms with Crippen molar-refractivity contribution in [3.63, 3.8) is 0 Å². The second kappa shape index (κ2) is 4.85. The third kappa shape index (κ3) is 4.50. The van der Waals surface area contributed by atoms with Crippen LogP contribution >= 0.6 is 0 Å². The molecule has 0 aromatic heterocycles. The van der Waals surface area contributed by atoms with Crippen molar-refractivity contribution in [1.82, 2.24) is 0 Å². The van der Waals surface area contributed by atoms with Crippen molar-refractivity contribution in [3.8, 4) is 0 Å². The largest absolute Gasteiger partial charge is 0.120 e. The Morgan fingerprint density at radius 3 is 2.09 bits per heavy atom. The summed E-state index contributed by atoms with van der Waals surface area (Å²) in [7, 11) is 2.50. The van der Waals surface area contributed by atoms with Crippen molar-refractivity contribution in [2.75, 3.05) is 0 Å². The van der Waals surface area contributed by atoms with Crippen molar-refractivity contribution >= 4 is 7.28 Å². The number of hydrogen-bond acceptors (Lipinski definition) is 0. The third-order valence-electron chi connectivity index (χ3n) is 2.36. The summed E-state index contributed by atoms with van der Waals surface area (Å²) in [6, 6.07) is 0. The molecule has 65 valence electrons. The first kappa shape index (κ1) is 11.1. The van der Waals surface area contributed by atoms with E-state index < -0.39 is 0 Å². The molecule has 0 nitrogen and oxygen atoms in total. The maximum Gasteiger partial charge on any atom is 0.120 e. The van der Waals surface area contributed by atoms with Crippen LogP contribution in [0.15, 0.2) is 0 Å². The second-order valence-electron chi connectivity index (χ2n) is 4.17. The highest BCUT2D eigenvalue weighted by molar-refractivity contribution is 6.41. The zero-order chi connectivity index (χ0) is 8.91. The van der Waals surface area contributed by atoms with Gasteiger partial charge in [0.1, 0.15) is 7.28 Å². The van der Waals surface area contributed by atoms with Gasteiger partial charge in [0.05, 0.1) is 0 Å². The molecule has 0 amide bonds. The zero-order valence-corrected chi connectivity index (χ0v) is 8.78. The van der Waals surface area contributed by atoms with E-state index in [1.807, 2.05) is 0 Å². The molecule has 0 aromatic carbocycles. The molecule has 0 heterocycles. The van der Waals surface area contributed by atoms with E-state index >= 15 is 0 Å². The molecule has 0 spiro atoms. The number of rotatable bonds is 5. The highest BCUT2D eigenvalue weighted by atomic mass is 14.1. The maximum absolute atomic E-state index is 2.50. The molecule has 0 rings (SSSR count). The standard InChI is InChI=1S/C10H22B/c1-6-8-10(5,7-2)11-9(3)4/h9H,6-8H2,1-5H3. The van der Waals surface area contributed by atoms with Gasteiger partial charge in [-0.3, -0.25) is 0 Å². The predicted octanol–water partition coefficient (Wildman–Crippen LogP) is 3.91. The molecule has 0 aliphatic heterocycles. The minimum absolute atomic E-state index is 0.489. The Kier molecular flexibility index (Phi) is 4.87. The predicted molar refractivity (Wildman–Crippen MR) is 54.4 cm³/mol. The summed E-state index contributed by atoms with van der Waals surface area (Å²) in [5.41, 5.74) is 0. The van der Waals surface area contributed by atoms with E-state index in [1.165, 1.54) is 19.3 Å². The first-order valence-electron chi connectivity index (χ1n) is 4.90. The minimum Gasteiger partial charge on any atom is -0.0738 e. The average Bonchev–Trinajstić information content (AvgIpc) is 1.87. The quantitative estimate of drug-likeness (QED) is 0.525. The van der Waals surface area contributed by atoms with Gasteiger partial charge in [0.15, 0.2) is 0 Å². The lowest BCUT2D eigenvalue weighted by atomic mass is 9.45. The summed E-state index contributed by atoms with van der Waals surface area (Å²) in [5.74, 6) is 0.728. The Hall–Kier alpha value is 0.0649. The first-order valence-corrected chi connectivity index (χ1v) is 4.90. The molecule has 1 unspecified atom stereocenters. The van der Waals surface area contributed by atoms with Gasteiger partial charge in [-0.05, 0) is 0 Å². The molecule has 11 heavy (non-hydrogen) atoms. The van der Waals surface area contributed by atoms with Crippen LogP contribution in [0.5, 0.6) is 0 Å². The van der Waals surface area contributed by atoms with E-state index in [-0.39, 0.29) is 0 Å². The molecule has 0 aliphatic carbocycles. The summed E-state index contributed by atoms with van der Waals surface area (Å²) in [6.07, 6.45) is 3.91. The number of hydrogen-bond donors (Lipinski definition) is 0. The van der Waals surface area contributed by atoms with Crippen LogP contribution in [0.4, 0.5) is 0 Å². The molecule has 0 bridgehead atoms. The molecular formula is C10H22B. The Labute approximate surface area is 73.0 Å². The van der Waals surface area contributed by atoms with Gasteiger partial charge >= 0.3 is 0 Å². The lowest BCUT2D eigenvalue weighted by molar-refractivity contribution is 0.521. The molecule has 1 heteroatoms. The van der Waals surface area contributed by atoms with Gasteiger partial charge in [0.25, 0.3) is 0 Å². The Balaban J connectivity index is 3.87. The second-order valence-corrected chi connectivity index (χ2v) is 4.17. The summed E-state index contributed by atoms with van der Waals surface area (Å²) >= 11 is 0. The van der Waals surface area contributed by atoms with Crippen LogP contribution < -0.4 is 0 Å². The van der Waals surface area contributed by atoms with Crippen molar-refractivity contribution in [2.45, 2.75) is 65.0 Å². The van der Waals surface area contributed by atoms with Crippen molar-refractivity contribution in [1.29, 1.82) is 0 Å². The van der Waals surface area contributed by atoms with E-state index in [4.69, 9.17) is 0 Å². The van der Waals surface area contributed by atoms with Crippen LogP contribution in [0.3, 0.4) is 0 Å². The van der Waals surface area contributed by atoms with E-state index in [0.29, 0.717) is 5.31 Å². The topological polar surface area (TPSA) is 0 Å². The molecule has 0 saturated carbocycles. The molecular weight excluding hydrogens is 131 g/mol. The lowest BCUT2D eigenvalue weighted by Gasteiger charge is -2.28. The molecule has 0 aromatic rings. The normalized spacial score (nSPS) is 16.5. The van der Waals surface area contributed by atoms with Crippen molar-refractivity contribution in [2.24, 2.45) is 0 Å². The van der Waals surface area contributed by atoms with E-state index in [1.54, 1.807) is 0 Å². The van der Waals surface area contributed by atoms with Crippen LogP contribution in [-0.2, 0) is 0 Å². The van der Waals surface area contributed by atoms with Gasteiger partial charge in [-0.1, -0.05) is 65.0 Å². The van der Waals surface area contributed by atoms with Crippen molar-refractivity contribution in [3.05, 3.63) is 0 Å². The van der Waals surface area contributed by atoms with E-state index in [2.05, 4.69) is 41.9 Å². The molecule has 1 atom stereocenters. The fourth-order valence-corrected chi connectivity index (χ4v) is 1.75. The monoisotopic (exact) mass is 153 g/mol. The summed E-state index contributed by atoms with van der Waals surface area (Å²) in [4.78, 5) is 0. The SMILES string of the molecule is CCCC(C)([B]C(C)C)CC. The Bertz CT molecular complexity index is 99.0. The average molecular weight is 153 g/mol. The lowest BCUT2D eigenvalue weighted by Crippen LogP contribution is -2.18. The van der Waals surface area contributed by atoms with Crippen LogP contribution in [0.1, 0.15) is 53.9 Å². The minimum atomic E-state index is 0.489. The summed E-state index contributed by atoms with van der Waals surface area (Å²) < 4.78 is 0. The van der Waals surface area contributed by atoms with E-state index in [9.17, 15) is 0 Å². The summed E-state index contributed by atoms with van der Waals surface area (Å²) in [5, 5.41) is 0.489. The van der Waals surface area contributed by atoms with Crippen LogP contribution in [0.25, 0.3) is 0 Å². The van der Waals surface area contributed by atoms with Crippen LogP contribution in [0.2, 0.25) is 11.1 Å². The van der Waals surface area contributed by atoms with Crippen LogP contribution in [-0.4, -0.2) is 7.28 Å². The molecule has 0 fully saturated rings. The summed E-state index contributed by atoms with van der Waals surface area (Å²) in [6.45, 7) is 11.5. The smallest absolute Gasteiger partial charge is 0.0738 e. The van der Waals surface area contributed by atoms with Crippen LogP contribution in [0, 0.1) is 0 Å². The fourth-order valence-electron chi connectivity index (χ4n) is 1.75. The fraction of sp³-hybridized carbons (Fsp3) is 1.00. The Morgan fingerprint density at radius 2 is 1.82 bits per heavy atom. The highest BCUT2D eigenvalue weighted by Crippen LogP contribution is 2.36. The first-order chi connectivity index (χ1) is 5.04. The maximum atomic E-state index is 2.50. The van der Waals surface area contributed by atoms with E-state index in [0.717, 1.165) is 5.82 Å².